The molecule has 0 fully saturated rings. The van der Waals surface area contributed by atoms with Crippen molar-refractivity contribution >= 4 is 28.2 Å². The van der Waals surface area contributed by atoms with E-state index >= 15 is 0 Å². The summed E-state index contributed by atoms with van der Waals surface area (Å²) in [5.41, 5.74) is 1.72. The zero-order valence-corrected chi connectivity index (χ0v) is 11.4. The molecule has 3 aromatic rings. The molecular formula is C15H13ClN2O2. The highest BCUT2D eigenvalue weighted by Gasteiger charge is 2.06. The molecule has 2 N–H and O–H groups in total. The van der Waals surface area contributed by atoms with Crippen LogP contribution >= 0.6 is 11.6 Å². The van der Waals surface area contributed by atoms with Crippen molar-refractivity contribution in [1.29, 1.82) is 0 Å². The number of aromatic nitrogens is 1. The van der Waals surface area contributed by atoms with Crippen molar-refractivity contribution in [2.45, 2.75) is 13.2 Å². The standard InChI is InChI=1S/C15H13ClN2O2/c16-13-5-6-14(15-12(13)2-1-7-17-15)18-8-10-3-4-11(9-19)20-10/h1-7,18-19H,8-9H2. The molecule has 102 valence electrons. The third-order valence-electron chi connectivity index (χ3n) is 3.04. The summed E-state index contributed by atoms with van der Waals surface area (Å²) in [6.45, 7) is 0.429. The minimum absolute atomic E-state index is 0.0918. The van der Waals surface area contributed by atoms with Gasteiger partial charge in [0.25, 0.3) is 0 Å². The molecule has 0 spiro atoms. The van der Waals surface area contributed by atoms with Crippen molar-refractivity contribution in [2.75, 3.05) is 5.32 Å². The van der Waals surface area contributed by atoms with E-state index in [0.29, 0.717) is 17.3 Å². The SMILES string of the molecule is OCc1ccc(CNc2ccc(Cl)c3cccnc23)o1. The van der Waals surface area contributed by atoms with E-state index in [0.717, 1.165) is 22.4 Å². The number of anilines is 1. The van der Waals surface area contributed by atoms with Crippen molar-refractivity contribution < 1.29 is 9.52 Å². The van der Waals surface area contributed by atoms with Crippen molar-refractivity contribution in [3.63, 3.8) is 0 Å². The summed E-state index contributed by atoms with van der Waals surface area (Å²) in [4.78, 5) is 4.36. The first kappa shape index (κ1) is 13.0. The number of rotatable bonds is 4. The van der Waals surface area contributed by atoms with Gasteiger partial charge in [0.15, 0.2) is 0 Å². The van der Waals surface area contributed by atoms with Gasteiger partial charge in [-0.05, 0) is 36.4 Å². The summed E-state index contributed by atoms with van der Waals surface area (Å²) in [5, 5.41) is 13.8. The molecule has 20 heavy (non-hydrogen) atoms. The molecule has 0 atom stereocenters. The van der Waals surface area contributed by atoms with E-state index in [-0.39, 0.29) is 6.61 Å². The third-order valence-corrected chi connectivity index (χ3v) is 3.37. The molecule has 0 radical (unpaired) electrons. The highest BCUT2D eigenvalue weighted by Crippen LogP contribution is 2.28. The fraction of sp³-hybridized carbons (Fsp3) is 0.133. The van der Waals surface area contributed by atoms with Crippen LogP contribution in [0.4, 0.5) is 5.69 Å². The number of hydrogen-bond acceptors (Lipinski definition) is 4. The minimum Gasteiger partial charge on any atom is -0.462 e. The molecule has 0 amide bonds. The first-order chi connectivity index (χ1) is 9.78. The Morgan fingerprint density at radius 3 is 2.80 bits per heavy atom. The zero-order chi connectivity index (χ0) is 13.9. The van der Waals surface area contributed by atoms with Crippen LogP contribution in [0.2, 0.25) is 5.02 Å². The zero-order valence-electron chi connectivity index (χ0n) is 10.6. The van der Waals surface area contributed by atoms with Crippen LogP contribution in [0.1, 0.15) is 11.5 Å². The lowest BCUT2D eigenvalue weighted by Gasteiger charge is -2.08. The Bertz CT molecular complexity index is 740. The van der Waals surface area contributed by atoms with E-state index in [9.17, 15) is 0 Å². The molecule has 0 aliphatic rings. The van der Waals surface area contributed by atoms with Crippen LogP contribution in [-0.2, 0) is 13.2 Å². The number of fused-ring (bicyclic) bond motifs is 1. The summed E-state index contributed by atoms with van der Waals surface area (Å²) in [5.74, 6) is 1.31. The van der Waals surface area contributed by atoms with Crippen LogP contribution < -0.4 is 5.32 Å². The van der Waals surface area contributed by atoms with Gasteiger partial charge in [-0.3, -0.25) is 4.98 Å². The van der Waals surface area contributed by atoms with Crippen LogP contribution in [0.3, 0.4) is 0 Å². The Kier molecular flexibility index (Phi) is 3.58. The number of benzene rings is 1. The molecule has 0 unspecified atom stereocenters. The molecule has 1 aromatic carbocycles. The second-order valence-corrected chi connectivity index (χ2v) is 4.78. The lowest BCUT2D eigenvalue weighted by molar-refractivity contribution is 0.244. The topological polar surface area (TPSA) is 58.3 Å². The number of halogens is 1. The maximum atomic E-state index is 8.97. The molecule has 4 nitrogen and oxygen atoms in total. The van der Waals surface area contributed by atoms with Crippen molar-refractivity contribution in [2.24, 2.45) is 0 Å². The van der Waals surface area contributed by atoms with Gasteiger partial charge in [0.2, 0.25) is 0 Å². The van der Waals surface area contributed by atoms with Gasteiger partial charge in [-0.15, -0.1) is 0 Å². The largest absolute Gasteiger partial charge is 0.462 e. The smallest absolute Gasteiger partial charge is 0.129 e. The Morgan fingerprint density at radius 1 is 1.15 bits per heavy atom. The average molecular weight is 289 g/mol. The number of aliphatic hydroxyl groups excluding tert-OH is 1. The van der Waals surface area contributed by atoms with Gasteiger partial charge >= 0.3 is 0 Å². The first-order valence-electron chi connectivity index (χ1n) is 6.23. The molecule has 0 bridgehead atoms. The summed E-state index contributed by atoms with van der Waals surface area (Å²) in [7, 11) is 0. The number of pyridine rings is 1. The van der Waals surface area contributed by atoms with Crippen LogP contribution in [-0.4, -0.2) is 10.1 Å². The lowest BCUT2D eigenvalue weighted by Crippen LogP contribution is -1.99. The Hall–Kier alpha value is -2.04. The van der Waals surface area contributed by atoms with E-state index in [1.807, 2.05) is 30.3 Å². The van der Waals surface area contributed by atoms with Crippen LogP contribution in [0.25, 0.3) is 10.9 Å². The molecule has 0 aliphatic heterocycles. The predicted molar refractivity (Wildman–Crippen MR) is 78.7 cm³/mol. The number of aliphatic hydroxyl groups is 1. The number of nitrogens with zero attached hydrogens (tertiary/aromatic N) is 1. The second kappa shape index (κ2) is 5.53. The maximum Gasteiger partial charge on any atom is 0.129 e. The van der Waals surface area contributed by atoms with Gasteiger partial charge in [0, 0.05) is 11.6 Å². The molecule has 0 saturated carbocycles. The fourth-order valence-corrected chi connectivity index (χ4v) is 2.28. The normalized spacial score (nSPS) is 10.9. The van der Waals surface area contributed by atoms with Gasteiger partial charge in [-0.25, -0.2) is 0 Å². The quantitative estimate of drug-likeness (QED) is 0.770. The van der Waals surface area contributed by atoms with Crippen LogP contribution in [0.15, 0.2) is 47.0 Å². The van der Waals surface area contributed by atoms with E-state index in [1.165, 1.54) is 0 Å². The summed E-state index contributed by atoms with van der Waals surface area (Å²) in [6.07, 6.45) is 1.74. The van der Waals surface area contributed by atoms with Crippen molar-refractivity contribution in [3.8, 4) is 0 Å². The molecule has 0 saturated heterocycles. The van der Waals surface area contributed by atoms with Crippen molar-refractivity contribution in [3.05, 3.63) is 59.1 Å². The van der Waals surface area contributed by atoms with Crippen LogP contribution in [0.5, 0.6) is 0 Å². The second-order valence-electron chi connectivity index (χ2n) is 4.37. The van der Waals surface area contributed by atoms with Gasteiger partial charge in [0.1, 0.15) is 18.1 Å². The fourth-order valence-electron chi connectivity index (χ4n) is 2.07. The Balaban J connectivity index is 1.86. The lowest BCUT2D eigenvalue weighted by atomic mass is 10.2. The average Bonchev–Trinajstić information content (AvgIpc) is 2.95. The van der Waals surface area contributed by atoms with E-state index in [2.05, 4.69) is 10.3 Å². The first-order valence-corrected chi connectivity index (χ1v) is 6.61. The van der Waals surface area contributed by atoms with E-state index < -0.39 is 0 Å². The highest BCUT2D eigenvalue weighted by molar-refractivity contribution is 6.35. The number of hydrogen-bond donors (Lipinski definition) is 2. The summed E-state index contributed by atoms with van der Waals surface area (Å²) >= 11 is 6.15. The molecule has 5 heteroatoms. The van der Waals surface area contributed by atoms with Crippen LogP contribution in [0, 0.1) is 0 Å². The molecule has 0 aliphatic carbocycles. The van der Waals surface area contributed by atoms with Crippen molar-refractivity contribution in [1.82, 2.24) is 4.98 Å². The Labute approximate surface area is 121 Å². The predicted octanol–water partition coefficient (Wildman–Crippen LogP) is 3.59. The van der Waals surface area contributed by atoms with E-state index in [4.69, 9.17) is 21.1 Å². The monoisotopic (exact) mass is 288 g/mol. The summed E-state index contributed by atoms with van der Waals surface area (Å²) in [6, 6.07) is 11.1. The molecule has 2 aromatic heterocycles. The van der Waals surface area contributed by atoms with Gasteiger partial charge in [-0.2, -0.15) is 0 Å². The Morgan fingerprint density at radius 2 is 2.00 bits per heavy atom. The third kappa shape index (κ3) is 2.48. The van der Waals surface area contributed by atoms with Gasteiger partial charge in [-0.1, -0.05) is 11.6 Å². The molecule has 2 heterocycles. The van der Waals surface area contributed by atoms with Gasteiger partial charge in [0.05, 0.1) is 22.8 Å². The van der Waals surface area contributed by atoms with Gasteiger partial charge < -0.3 is 14.8 Å². The summed E-state index contributed by atoms with van der Waals surface area (Å²) < 4.78 is 5.43. The maximum absolute atomic E-state index is 8.97. The highest BCUT2D eigenvalue weighted by atomic mass is 35.5. The number of nitrogens with one attached hydrogen (secondary N) is 1. The molecule has 3 rings (SSSR count). The van der Waals surface area contributed by atoms with E-state index in [1.54, 1.807) is 12.3 Å². The minimum atomic E-state index is -0.0918. The number of furan rings is 1. The molecular weight excluding hydrogens is 276 g/mol.